The Kier molecular flexibility index (Phi) is 6.09. The van der Waals surface area contributed by atoms with Crippen molar-refractivity contribution in [3.05, 3.63) is 71.2 Å². The average Bonchev–Trinajstić information content (AvgIpc) is 3.21. The third-order valence-electron chi connectivity index (χ3n) is 4.63. The number of nitrogens with one attached hydrogen (secondary N) is 1. The number of hydrogen-bond donors (Lipinski definition) is 1. The smallest absolute Gasteiger partial charge is 0.255 e. The van der Waals surface area contributed by atoms with Crippen LogP contribution in [0.1, 0.15) is 23.7 Å². The number of benzene rings is 3. The second-order valence-corrected chi connectivity index (χ2v) is 7.29. The SMILES string of the molecule is CCCOc1ccc(C(=O)Nc2ccc3oc(-c4ccc(OC)c(Cl)c4)nc3c2)cc1. The van der Waals surface area contributed by atoms with E-state index in [9.17, 15) is 4.79 Å². The summed E-state index contributed by atoms with van der Waals surface area (Å²) in [5.74, 6) is 1.54. The Balaban J connectivity index is 1.51. The zero-order valence-electron chi connectivity index (χ0n) is 17.1. The molecule has 4 aromatic rings. The molecule has 7 heteroatoms. The number of oxazole rings is 1. The van der Waals surface area contributed by atoms with E-state index in [-0.39, 0.29) is 5.91 Å². The molecule has 0 fully saturated rings. The van der Waals surface area contributed by atoms with Gasteiger partial charge in [0, 0.05) is 16.8 Å². The lowest BCUT2D eigenvalue weighted by Crippen LogP contribution is -2.11. The van der Waals surface area contributed by atoms with Gasteiger partial charge in [-0.15, -0.1) is 0 Å². The molecule has 0 unspecified atom stereocenters. The fraction of sp³-hybridized carbons (Fsp3) is 0.167. The highest BCUT2D eigenvalue weighted by molar-refractivity contribution is 6.32. The number of halogens is 1. The second kappa shape index (κ2) is 9.10. The van der Waals surface area contributed by atoms with Gasteiger partial charge in [-0.25, -0.2) is 4.98 Å². The van der Waals surface area contributed by atoms with Crippen LogP contribution < -0.4 is 14.8 Å². The van der Waals surface area contributed by atoms with Crippen LogP contribution in [0.3, 0.4) is 0 Å². The first-order chi connectivity index (χ1) is 15.1. The third kappa shape index (κ3) is 4.64. The van der Waals surface area contributed by atoms with Crippen LogP contribution in [0.5, 0.6) is 11.5 Å². The number of hydrogen-bond acceptors (Lipinski definition) is 5. The van der Waals surface area contributed by atoms with Crippen molar-refractivity contribution in [1.82, 2.24) is 4.98 Å². The standard InChI is InChI=1S/C24H21ClN2O4/c1-3-12-30-18-8-4-15(5-9-18)23(28)26-17-7-11-22-20(14-17)27-24(31-22)16-6-10-21(29-2)19(25)13-16/h4-11,13-14H,3,12H2,1-2H3,(H,26,28). The Labute approximate surface area is 184 Å². The summed E-state index contributed by atoms with van der Waals surface area (Å²) in [6.07, 6.45) is 0.931. The van der Waals surface area contributed by atoms with Crippen LogP contribution in [0.25, 0.3) is 22.6 Å². The van der Waals surface area contributed by atoms with Gasteiger partial charge >= 0.3 is 0 Å². The molecule has 1 N–H and O–H groups in total. The minimum atomic E-state index is -0.216. The minimum absolute atomic E-state index is 0.216. The van der Waals surface area contributed by atoms with E-state index in [4.69, 9.17) is 25.5 Å². The molecule has 6 nitrogen and oxygen atoms in total. The topological polar surface area (TPSA) is 73.6 Å². The van der Waals surface area contributed by atoms with Crippen molar-refractivity contribution in [2.75, 3.05) is 19.0 Å². The number of ether oxygens (including phenoxy) is 2. The molecule has 0 bridgehead atoms. The number of methoxy groups -OCH3 is 1. The summed E-state index contributed by atoms with van der Waals surface area (Å²) in [6, 6.07) is 17.7. The largest absolute Gasteiger partial charge is 0.495 e. The second-order valence-electron chi connectivity index (χ2n) is 6.88. The molecule has 31 heavy (non-hydrogen) atoms. The van der Waals surface area contributed by atoms with Gasteiger partial charge in [-0.1, -0.05) is 18.5 Å². The van der Waals surface area contributed by atoms with Crippen molar-refractivity contribution in [1.29, 1.82) is 0 Å². The van der Waals surface area contributed by atoms with E-state index in [1.807, 2.05) is 13.0 Å². The Morgan fingerprint density at radius 2 is 1.90 bits per heavy atom. The van der Waals surface area contributed by atoms with Gasteiger partial charge in [0.25, 0.3) is 5.91 Å². The van der Waals surface area contributed by atoms with Crippen molar-refractivity contribution < 1.29 is 18.7 Å². The first-order valence-corrected chi connectivity index (χ1v) is 10.2. The van der Waals surface area contributed by atoms with E-state index in [1.54, 1.807) is 61.7 Å². The van der Waals surface area contributed by atoms with E-state index in [1.165, 1.54) is 0 Å². The highest BCUT2D eigenvalue weighted by Crippen LogP contribution is 2.32. The molecule has 0 saturated heterocycles. The van der Waals surface area contributed by atoms with E-state index in [0.29, 0.717) is 45.6 Å². The van der Waals surface area contributed by atoms with E-state index in [0.717, 1.165) is 17.7 Å². The number of rotatable bonds is 7. The average molecular weight is 437 g/mol. The number of carbonyl (C=O) groups is 1. The fourth-order valence-corrected chi connectivity index (χ4v) is 3.31. The molecule has 1 amide bonds. The molecular weight excluding hydrogens is 416 g/mol. The molecular formula is C24H21ClN2O4. The Morgan fingerprint density at radius 1 is 1.10 bits per heavy atom. The fourth-order valence-electron chi connectivity index (χ4n) is 3.05. The summed E-state index contributed by atoms with van der Waals surface area (Å²) in [7, 11) is 1.56. The summed E-state index contributed by atoms with van der Waals surface area (Å²) < 4.78 is 16.6. The van der Waals surface area contributed by atoms with Crippen molar-refractivity contribution in [2.45, 2.75) is 13.3 Å². The van der Waals surface area contributed by atoms with Gasteiger partial charge in [-0.2, -0.15) is 0 Å². The lowest BCUT2D eigenvalue weighted by Gasteiger charge is -2.07. The lowest BCUT2D eigenvalue weighted by atomic mass is 10.2. The van der Waals surface area contributed by atoms with Crippen LogP contribution >= 0.6 is 11.6 Å². The normalized spacial score (nSPS) is 10.8. The maximum Gasteiger partial charge on any atom is 0.255 e. The number of nitrogens with zero attached hydrogens (tertiary/aromatic N) is 1. The van der Waals surface area contributed by atoms with Crippen LogP contribution in [0.2, 0.25) is 5.02 Å². The summed E-state index contributed by atoms with van der Waals surface area (Å²) in [4.78, 5) is 17.1. The molecule has 1 aromatic heterocycles. The third-order valence-corrected chi connectivity index (χ3v) is 4.93. The molecule has 0 saturated carbocycles. The number of carbonyl (C=O) groups excluding carboxylic acids is 1. The first kappa shape index (κ1) is 20.8. The molecule has 0 aliphatic heterocycles. The molecule has 1 heterocycles. The highest BCUT2D eigenvalue weighted by atomic mass is 35.5. The predicted molar refractivity (Wildman–Crippen MR) is 121 cm³/mol. The number of anilines is 1. The summed E-state index contributed by atoms with van der Waals surface area (Å²) in [6.45, 7) is 2.69. The molecule has 4 rings (SSSR count). The van der Waals surface area contributed by atoms with Gasteiger partial charge in [0.05, 0.1) is 18.7 Å². The van der Waals surface area contributed by atoms with Gasteiger partial charge in [-0.3, -0.25) is 4.79 Å². The Morgan fingerprint density at radius 3 is 2.61 bits per heavy atom. The molecule has 0 aliphatic carbocycles. The molecule has 0 radical (unpaired) electrons. The van der Waals surface area contributed by atoms with Crippen LogP contribution in [-0.4, -0.2) is 24.6 Å². The Hall–Kier alpha value is -3.51. The minimum Gasteiger partial charge on any atom is -0.495 e. The van der Waals surface area contributed by atoms with Crippen LogP contribution in [0.4, 0.5) is 5.69 Å². The number of amides is 1. The monoisotopic (exact) mass is 436 g/mol. The van der Waals surface area contributed by atoms with Gasteiger partial charge in [0.1, 0.15) is 17.0 Å². The zero-order chi connectivity index (χ0) is 21.8. The van der Waals surface area contributed by atoms with Gasteiger partial charge in [0.2, 0.25) is 5.89 Å². The molecule has 0 atom stereocenters. The molecule has 0 aliphatic rings. The molecule has 3 aromatic carbocycles. The maximum atomic E-state index is 12.6. The van der Waals surface area contributed by atoms with Crippen molar-refractivity contribution in [3.8, 4) is 23.0 Å². The first-order valence-electron chi connectivity index (χ1n) is 9.86. The van der Waals surface area contributed by atoms with Crippen molar-refractivity contribution >= 4 is 34.3 Å². The highest BCUT2D eigenvalue weighted by Gasteiger charge is 2.13. The van der Waals surface area contributed by atoms with Crippen LogP contribution in [-0.2, 0) is 0 Å². The van der Waals surface area contributed by atoms with E-state index < -0.39 is 0 Å². The van der Waals surface area contributed by atoms with Crippen LogP contribution in [0.15, 0.2) is 65.1 Å². The van der Waals surface area contributed by atoms with E-state index >= 15 is 0 Å². The number of aromatic nitrogens is 1. The maximum absolute atomic E-state index is 12.6. The molecule has 158 valence electrons. The van der Waals surface area contributed by atoms with Crippen molar-refractivity contribution in [2.24, 2.45) is 0 Å². The van der Waals surface area contributed by atoms with E-state index in [2.05, 4.69) is 10.3 Å². The zero-order valence-corrected chi connectivity index (χ0v) is 17.9. The summed E-state index contributed by atoms with van der Waals surface area (Å²) in [5, 5.41) is 3.36. The number of fused-ring (bicyclic) bond motifs is 1. The predicted octanol–water partition coefficient (Wildman–Crippen LogP) is 6.20. The van der Waals surface area contributed by atoms with Crippen molar-refractivity contribution in [3.63, 3.8) is 0 Å². The molecule has 0 spiro atoms. The lowest BCUT2D eigenvalue weighted by molar-refractivity contribution is 0.102. The summed E-state index contributed by atoms with van der Waals surface area (Å²) >= 11 is 6.20. The van der Waals surface area contributed by atoms with Gasteiger partial charge in [0.15, 0.2) is 5.58 Å². The Bertz CT molecular complexity index is 1220. The van der Waals surface area contributed by atoms with Crippen LogP contribution in [0, 0.1) is 0 Å². The quantitative estimate of drug-likeness (QED) is 0.373. The summed E-state index contributed by atoms with van der Waals surface area (Å²) in [5.41, 5.74) is 3.13. The van der Waals surface area contributed by atoms with Gasteiger partial charge < -0.3 is 19.2 Å². The van der Waals surface area contributed by atoms with Gasteiger partial charge in [-0.05, 0) is 67.1 Å².